The van der Waals surface area contributed by atoms with Gasteiger partial charge < -0.3 is 10.4 Å². The van der Waals surface area contributed by atoms with Crippen LogP contribution in [0.25, 0.3) is 0 Å². The summed E-state index contributed by atoms with van der Waals surface area (Å²) < 4.78 is 0. The van der Waals surface area contributed by atoms with Gasteiger partial charge in [0.15, 0.2) is 0 Å². The summed E-state index contributed by atoms with van der Waals surface area (Å²) >= 11 is 0. The molecule has 68 valence electrons. The molecule has 4 heteroatoms. The standard InChI is InChI=1S/C8H13NO3/c1-6-2-3-8(6,9-5-10)4-7(11)12/h5-6H,2-4H2,1H3,(H,9,10)(H,11,12). The molecule has 1 fully saturated rings. The predicted molar refractivity (Wildman–Crippen MR) is 42.6 cm³/mol. The fourth-order valence-electron chi connectivity index (χ4n) is 1.70. The minimum Gasteiger partial charge on any atom is -0.481 e. The van der Waals surface area contributed by atoms with Crippen LogP contribution < -0.4 is 5.32 Å². The Kier molecular flexibility index (Phi) is 2.35. The van der Waals surface area contributed by atoms with Crippen molar-refractivity contribution in [1.29, 1.82) is 0 Å². The average Bonchev–Trinajstić information content (AvgIpc) is 2.00. The number of carboxylic acid groups (broad SMARTS) is 1. The third kappa shape index (κ3) is 1.42. The maximum Gasteiger partial charge on any atom is 0.305 e. The summed E-state index contributed by atoms with van der Waals surface area (Å²) in [5.41, 5.74) is -0.465. The van der Waals surface area contributed by atoms with Crippen molar-refractivity contribution in [2.75, 3.05) is 0 Å². The number of aliphatic carboxylic acids is 1. The van der Waals surface area contributed by atoms with Crippen LogP contribution in [0.4, 0.5) is 0 Å². The van der Waals surface area contributed by atoms with Crippen molar-refractivity contribution in [2.45, 2.75) is 31.7 Å². The monoisotopic (exact) mass is 171 g/mol. The lowest BCUT2D eigenvalue weighted by Gasteiger charge is -2.46. The van der Waals surface area contributed by atoms with E-state index in [-0.39, 0.29) is 12.3 Å². The summed E-state index contributed by atoms with van der Waals surface area (Å²) in [6.45, 7) is 1.96. The SMILES string of the molecule is CC1CCC1(CC(=O)O)NC=O. The molecule has 1 rings (SSSR count). The van der Waals surface area contributed by atoms with E-state index in [1.165, 1.54) is 0 Å². The number of carboxylic acids is 1. The van der Waals surface area contributed by atoms with Crippen LogP contribution in [-0.4, -0.2) is 23.0 Å². The Balaban J connectivity index is 2.59. The zero-order chi connectivity index (χ0) is 9.19. The van der Waals surface area contributed by atoms with Crippen LogP contribution in [0.2, 0.25) is 0 Å². The Morgan fingerprint density at radius 3 is 2.75 bits per heavy atom. The molecule has 0 aliphatic heterocycles. The van der Waals surface area contributed by atoms with Crippen LogP contribution >= 0.6 is 0 Å². The smallest absolute Gasteiger partial charge is 0.305 e. The van der Waals surface area contributed by atoms with E-state index in [1.54, 1.807) is 0 Å². The molecule has 1 amide bonds. The van der Waals surface area contributed by atoms with Crippen molar-refractivity contribution < 1.29 is 14.7 Å². The minimum absolute atomic E-state index is 0.0346. The van der Waals surface area contributed by atoms with Crippen molar-refractivity contribution in [2.24, 2.45) is 5.92 Å². The number of hydrogen-bond donors (Lipinski definition) is 2. The molecule has 0 saturated heterocycles. The van der Waals surface area contributed by atoms with Crippen molar-refractivity contribution in [3.8, 4) is 0 Å². The summed E-state index contributed by atoms with van der Waals surface area (Å²) in [4.78, 5) is 20.7. The van der Waals surface area contributed by atoms with Gasteiger partial charge in [0.2, 0.25) is 6.41 Å². The summed E-state index contributed by atoms with van der Waals surface area (Å²) in [6, 6.07) is 0. The van der Waals surface area contributed by atoms with Gasteiger partial charge in [0, 0.05) is 0 Å². The highest BCUT2D eigenvalue weighted by Gasteiger charge is 2.45. The number of carbonyl (C=O) groups excluding carboxylic acids is 1. The molecule has 2 unspecified atom stereocenters. The van der Waals surface area contributed by atoms with Crippen molar-refractivity contribution >= 4 is 12.4 Å². The maximum absolute atomic E-state index is 10.5. The van der Waals surface area contributed by atoms with Gasteiger partial charge >= 0.3 is 5.97 Å². The lowest BCUT2D eigenvalue weighted by Crippen LogP contribution is -2.57. The number of carbonyl (C=O) groups is 2. The van der Waals surface area contributed by atoms with Gasteiger partial charge in [-0.1, -0.05) is 6.92 Å². The Morgan fingerprint density at radius 2 is 2.50 bits per heavy atom. The van der Waals surface area contributed by atoms with Gasteiger partial charge in [-0.05, 0) is 18.8 Å². The molecule has 0 aromatic rings. The summed E-state index contributed by atoms with van der Waals surface area (Å²) in [6.07, 6.45) is 2.40. The van der Waals surface area contributed by atoms with E-state index in [0.717, 1.165) is 12.8 Å². The van der Waals surface area contributed by atoms with E-state index in [4.69, 9.17) is 5.11 Å². The van der Waals surface area contributed by atoms with Gasteiger partial charge in [0.1, 0.15) is 0 Å². The molecule has 12 heavy (non-hydrogen) atoms. The molecule has 1 aliphatic carbocycles. The zero-order valence-electron chi connectivity index (χ0n) is 7.04. The van der Waals surface area contributed by atoms with Gasteiger partial charge in [0.25, 0.3) is 0 Å². The van der Waals surface area contributed by atoms with E-state index in [2.05, 4.69) is 5.32 Å². The molecular weight excluding hydrogens is 158 g/mol. The second kappa shape index (κ2) is 3.13. The molecule has 0 spiro atoms. The fourth-order valence-corrected chi connectivity index (χ4v) is 1.70. The average molecular weight is 171 g/mol. The molecule has 1 aliphatic rings. The fraction of sp³-hybridized carbons (Fsp3) is 0.750. The first-order chi connectivity index (χ1) is 5.60. The summed E-state index contributed by atoms with van der Waals surface area (Å²) in [7, 11) is 0. The number of hydrogen-bond acceptors (Lipinski definition) is 2. The van der Waals surface area contributed by atoms with Gasteiger partial charge in [0.05, 0.1) is 12.0 Å². The summed E-state index contributed by atoms with van der Waals surface area (Å²) in [5.74, 6) is -0.574. The number of amides is 1. The van der Waals surface area contributed by atoms with E-state index < -0.39 is 11.5 Å². The lowest BCUT2D eigenvalue weighted by molar-refractivity contribution is -0.141. The minimum atomic E-state index is -0.851. The molecule has 0 heterocycles. The Bertz CT molecular complexity index is 204. The van der Waals surface area contributed by atoms with Crippen molar-refractivity contribution in [1.82, 2.24) is 5.32 Å². The summed E-state index contributed by atoms with van der Waals surface area (Å²) in [5, 5.41) is 11.2. The first-order valence-electron chi connectivity index (χ1n) is 4.04. The molecule has 0 radical (unpaired) electrons. The normalized spacial score (nSPS) is 33.6. The molecule has 0 aromatic heterocycles. The highest BCUT2D eigenvalue weighted by molar-refractivity contribution is 5.69. The third-order valence-electron chi connectivity index (χ3n) is 2.78. The Hall–Kier alpha value is -1.06. The number of rotatable bonds is 4. The first-order valence-corrected chi connectivity index (χ1v) is 4.04. The van der Waals surface area contributed by atoms with Gasteiger partial charge in [-0.15, -0.1) is 0 Å². The van der Waals surface area contributed by atoms with Crippen molar-refractivity contribution in [3.63, 3.8) is 0 Å². The predicted octanol–water partition coefficient (Wildman–Crippen LogP) is 0.376. The molecular formula is C8H13NO3. The van der Waals surface area contributed by atoms with Crippen LogP contribution in [0.5, 0.6) is 0 Å². The molecule has 2 atom stereocenters. The van der Waals surface area contributed by atoms with E-state index in [9.17, 15) is 9.59 Å². The Labute approximate surface area is 71.0 Å². The van der Waals surface area contributed by atoms with Crippen LogP contribution in [0.1, 0.15) is 26.2 Å². The van der Waals surface area contributed by atoms with Gasteiger partial charge in [-0.2, -0.15) is 0 Å². The Morgan fingerprint density at radius 1 is 1.83 bits per heavy atom. The van der Waals surface area contributed by atoms with Crippen LogP contribution in [0.15, 0.2) is 0 Å². The molecule has 1 saturated carbocycles. The van der Waals surface area contributed by atoms with Gasteiger partial charge in [-0.25, -0.2) is 0 Å². The van der Waals surface area contributed by atoms with Crippen LogP contribution in [0.3, 0.4) is 0 Å². The maximum atomic E-state index is 10.5. The quantitative estimate of drug-likeness (QED) is 0.601. The van der Waals surface area contributed by atoms with E-state index in [0.29, 0.717) is 6.41 Å². The molecule has 4 nitrogen and oxygen atoms in total. The zero-order valence-corrected chi connectivity index (χ0v) is 7.04. The third-order valence-corrected chi connectivity index (χ3v) is 2.78. The topological polar surface area (TPSA) is 66.4 Å². The lowest BCUT2D eigenvalue weighted by atomic mass is 9.66. The van der Waals surface area contributed by atoms with E-state index >= 15 is 0 Å². The molecule has 0 aromatic carbocycles. The van der Waals surface area contributed by atoms with E-state index in [1.807, 2.05) is 6.92 Å². The molecule has 0 bridgehead atoms. The second-order valence-corrected chi connectivity index (χ2v) is 3.43. The van der Waals surface area contributed by atoms with Gasteiger partial charge in [-0.3, -0.25) is 9.59 Å². The number of nitrogens with one attached hydrogen (secondary N) is 1. The van der Waals surface area contributed by atoms with Crippen LogP contribution in [0, 0.1) is 5.92 Å². The highest BCUT2D eigenvalue weighted by Crippen LogP contribution is 2.40. The highest BCUT2D eigenvalue weighted by atomic mass is 16.4. The second-order valence-electron chi connectivity index (χ2n) is 3.43. The van der Waals surface area contributed by atoms with Crippen LogP contribution in [-0.2, 0) is 9.59 Å². The first kappa shape index (κ1) is 9.03. The molecule has 2 N–H and O–H groups in total. The van der Waals surface area contributed by atoms with Crippen molar-refractivity contribution in [3.05, 3.63) is 0 Å². The largest absolute Gasteiger partial charge is 0.481 e.